The van der Waals surface area contributed by atoms with Crippen LogP contribution in [0.3, 0.4) is 0 Å². The van der Waals surface area contributed by atoms with Crippen molar-refractivity contribution in [1.29, 1.82) is 0 Å². The van der Waals surface area contributed by atoms with Crippen molar-refractivity contribution in [3.8, 4) is 5.75 Å². The maximum Gasteiger partial charge on any atom is 0.260 e. The Kier molecular flexibility index (Phi) is 7.00. The molecule has 2 rings (SSSR count). The number of carbonyl (C=O) groups excluding carboxylic acids is 1. The number of nitrogens with two attached hydrogens (primary N) is 3. The normalized spacial score (nSPS) is 16.6. The number of aliphatic imine (C=N–C) groups is 1. The molecule has 9 nitrogen and oxygen atoms in total. The molecule has 0 radical (unpaired) electrons. The number of carbonyl (C=O) groups is 1. The molecule has 0 heterocycles. The number of benzene rings is 1. The fourth-order valence-corrected chi connectivity index (χ4v) is 3.28. The Morgan fingerprint density at radius 3 is 2.66 bits per heavy atom. The van der Waals surface area contributed by atoms with Gasteiger partial charge in [0.1, 0.15) is 5.75 Å². The van der Waals surface area contributed by atoms with Crippen molar-refractivity contribution in [3.05, 3.63) is 47.2 Å². The second-order valence-corrected chi connectivity index (χ2v) is 6.92. The molecule has 0 saturated carbocycles. The number of hydrogen-bond donors (Lipinski definition) is 4. The predicted octanol–water partition coefficient (Wildman–Crippen LogP) is 0.701. The van der Waals surface area contributed by atoms with E-state index in [-0.39, 0.29) is 12.5 Å². The first-order chi connectivity index (χ1) is 13.8. The van der Waals surface area contributed by atoms with Crippen LogP contribution >= 0.6 is 0 Å². The SMILES string of the molecule is C=C(N)C1=C(N=CN)c2ccc(OC)cc2/C(=N\OCC(=O)NCCN)C1(C)C. The molecule has 1 aromatic rings. The average Bonchev–Trinajstić information content (AvgIpc) is 2.67. The van der Waals surface area contributed by atoms with E-state index in [0.29, 0.717) is 41.5 Å². The number of hydrogen-bond acceptors (Lipinski definition) is 7. The molecule has 1 aromatic carbocycles. The fourth-order valence-electron chi connectivity index (χ4n) is 3.28. The second-order valence-electron chi connectivity index (χ2n) is 6.92. The molecule has 0 saturated heterocycles. The van der Waals surface area contributed by atoms with Gasteiger partial charge in [0.15, 0.2) is 6.61 Å². The maximum atomic E-state index is 11.8. The molecule has 0 atom stereocenters. The Labute approximate surface area is 170 Å². The summed E-state index contributed by atoms with van der Waals surface area (Å²) in [6.07, 6.45) is 1.21. The molecule has 0 aliphatic heterocycles. The molecule has 7 N–H and O–H groups in total. The number of oxime groups is 1. The summed E-state index contributed by atoms with van der Waals surface area (Å²) in [5.74, 6) is 0.325. The highest BCUT2D eigenvalue weighted by Crippen LogP contribution is 2.46. The third kappa shape index (κ3) is 4.57. The molecule has 1 aliphatic carbocycles. The van der Waals surface area contributed by atoms with Crippen molar-refractivity contribution >= 4 is 23.7 Å². The second kappa shape index (κ2) is 9.24. The van der Waals surface area contributed by atoms with Gasteiger partial charge in [0, 0.05) is 40.9 Å². The zero-order valence-corrected chi connectivity index (χ0v) is 17.0. The first-order valence-corrected chi connectivity index (χ1v) is 9.07. The van der Waals surface area contributed by atoms with Crippen LogP contribution in [-0.4, -0.2) is 44.8 Å². The Morgan fingerprint density at radius 1 is 1.34 bits per heavy atom. The molecule has 156 valence electrons. The molecule has 1 amide bonds. The van der Waals surface area contributed by atoms with E-state index in [1.165, 1.54) is 6.34 Å². The Morgan fingerprint density at radius 2 is 2.07 bits per heavy atom. The lowest BCUT2D eigenvalue weighted by Crippen LogP contribution is -2.35. The van der Waals surface area contributed by atoms with E-state index in [0.717, 1.165) is 11.1 Å². The van der Waals surface area contributed by atoms with Gasteiger partial charge in [-0.25, -0.2) is 4.99 Å². The summed E-state index contributed by atoms with van der Waals surface area (Å²) in [6, 6.07) is 5.48. The number of fused-ring (bicyclic) bond motifs is 1. The van der Waals surface area contributed by atoms with Gasteiger partial charge < -0.3 is 32.1 Å². The molecule has 1 aliphatic rings. The molecular weight excluding hydrogens is 372 g/mol. The van der Waals surface area contributed by atoms with Crippen LogP contribution in [0.2, 0.25) is 0 Å². The summed E-state index contributed by atoms with van der Waals surface area (Å²) < 4.78 is 5.36. The van der Waals surface area contributed by atoms with Crippen LogP contribution in [-0.2, 0) is 9.63 Å². The van der Waals surface area contributed by atoms with Crippen LogP contribution < -0.4 is 27.3 Å². The number of allylic oxidation sites excluding steroid dienone is 1. The van der Waals surface area contributed by atoms with Crippen molar-refractivity contribution in [2.45, 2.75) is 13.8 Å². The maximum absolute atomic E-state index is 11.8. The first-order valence-electron chi connectivity index (χ1n) is 9.07. The van der Waals surface area contributed by atoms with E-state index in [1.807, 2.05) is 26.0 Å². The molecule has 0 unspecified atom stereocenters. The zero-order valence-electron chi connectivity index (χ0n) is 17.0. The Balaban J connectivity index is 2.58. The highest BCUT2D eigenvalue weighted by atomic mass is 16.6. The number of nitrogens with zero attached hydrogens (tertiary/aromatic N) is 2. The minimum absolute atomic E-state index is 0.241. The van der Waals surface area contributed by atoms with Gasteiger partial charge in [0.2, 0.25) is 0 Å². The van der Waals surface area contributed by atoms with E-state index >= 15 is 0 Å². The zero-order chi connectivity index (χ0) is 21.6. The van der Waals surface area contributed by atoms with Gasteiger partial charge in [-0.05, 0) is 32.0 Å². The third-order valence-corrected chi connectivity index (χ3v) is 4.53. The van der Waals surface area contributed by atoms with Gasteiger partial charge in [0.05, 0.1) is 24.9 Å². The minimum atomic E-state index is -0.721. The van der Waals surface area contributed by atoms with Crippen molar-refractivity contribution < 1.29 is 14.4 Å². The highest BCUT2D eigenvalue weighted by molar-refractivity contribution is 6.14. The molecule has 9 heteroatoms. The number of nitrogens with one attached hydrogen (secondary N) is 1. The van der Waals surface area contributed by atoms with E-state index in [2.05, 4.69) is 22.0 Å². The largest absolute Gasteiger partial charge is 0.497 e. The van der Waals surface area contributed by atoms with Crippen molar-refractivity contribution in [3.63, 3.8) is 0 Å². The lowest BCUT2D eigenvalue weighted by molar-refractivity contribution is -0.125. The average molecular weight is 400 g/mol. The third-order valence-electron chi connectivity index (χ3n) is 4.53. The van der Waals surface area contributed by atoms with Gasteiger partial charge in [0.25, 0.3) is 5.91 Å². The standard InChI is InChI=1S/C20H28N6O3/c1-12(23)17-18(25-11-22)14-6-5-13(28-4)9-15(14)19(20(17,2)3)26-29-10-16(27)24-8-7-21/h5-6,9,11H,1,7-8,10,21,23H2,2-4H3,(H2,22,25)(H,24,27)/b26-19+. The minimum Gasteiger partial charge on any atom is -0.497 e. The molecule has 29 heavy (non-hydrogen) atoms. The quantitative estimate of drug-likeness (QED) is 0.286. The predicted molar refractivity (Wildman–Crippen MR) is 114 cm³/mol. The smallest absolute Gasteiger partial charge is 0.260 e. The molecular formula is C20H28N6O3. The van der Waals surface area contributed by atoms with Gasteiger partial charge in [-0.15, -0.1) is 0 Å². The van der Waals surface area contributed by atoms with Gasteiger partial charge >= 0.3 is 0 Å². The number of methoxy groups -OCH3 is 1. The Hall–Kier alpha value is -3.33. The van der Waals surface area contributed by atoms with Crippen molar-refractivity contribution in [2.75, 3.05) is 26.8 Å². The van der Waals surface area contributed by atoms with E-state index in [1.54, 1.807) is 13.2 Å². The lowest BCUT2D eigenvalue weighted by atomic mass is 9.69. The van der Waals surface area contributed by atoms with Crippen molar-refractivity contribution in [2.24, 2.45) is 32.8 Å². The van der Waals surface area contributed by atoms with E-state index in [9.17, 15) is 4.79 Å². The summed E-state index contributed by atoms with van der Waals surface area (Å²) in [5, 5.41) is 6.91. The molecule has 0 spiro atoms. The number of amides is 1. The summed E-state index contributed by atoms with van der Waals surface area (Å²) >= 11 is 0. The lowest BCUT2D eigenvalue weighted by Gasteiger charge is -2.36. The molecule has 0 bridgehead atoms. The van der Waals surface area contributed by atoms with Crippen LogP contribution in [0, 0.1) is 5.41 Å². The highest BCUT2D eigenvalue weighted by Gasteiger charge is 2.40. The fraction of sp³-hybridized carbons (Fsp3) is 0.350. The topological polar surface area (TPSA) is 150 Å². The summed E-state index contributed by atoms with van der Waals surface area (Å²) in [5.41, 5.74) is 20.0. The summed E-state index contributed by atoms with van der Waals surface area (Å²) in [4.78, 5) is 21.5. The van der Waals surface area contributed by atoms with E-state index in [4.69, 9.17) is 26.8 Å². The van der Waals surface area contributed by atoms with Crippen LogP contribution in [0.1, 0.15) is 25.0 Å². The Bertz CT molecular complexity index is 886. The van der Waals surface area contributed by atoms with Gasteiger partial charge in [-0.1, -0.05) is 11.7 Å². The number of rotatable bonds is 8. The molecule has 0 aromatic heterocycles. The monoisotopic (exact) mass is 400 g/mol. The summed E-state index contributed by atoms with van der Waals surface area (Å²) in [7, 11) is 1.58. The van der Waals surface area contributed by atoms with E-state index < -0.39 is 5.41 Å². The first kappa shape index (κ1) is 22.0. The van der Waals surface area contributed by atoms with Gasteiger partial charge in [-0.3, -0.25) is 4.79 Å². The van der Waals surface area contributed by atoms with Crippen LogP contribution in [0.4, 0.5) is 0 Å². The molecule has 0 fully saturated rings. The number of ether oxygens (including phenoxy) is 1. The van der Waals surface area contributed by atoms with Crippen molar-refractivity contribution in [1.82, 2.24) is 5.32 Å². The van der Waals surface area contributed by atoms with Crippen LogP contribution in [0.5, 0.6) is 5.75 Å². The van der Waals surface area contributed by atoms with Crippen LogP contribution in [0.15, 0.2) is 46.2 Å². The summed E-state index contributed by atoms with van der Waals surface area (Å²) in [6.45, 7) is 8.21. The van der Waals surface area contributed by atoms with Crippen LogP contribution in [0.25, 0.3) is 5.70 Å². The van der Waals surface area contributed by atoms with Gasteiger partial charge in [-0.2, -0.15) is 0 Å².